The number of halogens is 3. The van der Waals surface area contributed by atoms with E-state index in [0.717, 1.165) is 41.3 Å². The number of nitrogens with one attached hydrogen (secondary N) is 1. The van der Waals surface area contributed by atoms with Gasteiger partial charge in [-0.2, -0.15) is 13.2 Å². The predicted octanol–water partition coefficient (Wildman–Crippen LogP) is 4.16. The largest absolute Gasteiger partial charge is 0.452 e. The van der Waals surface area contributed by atoms with Gasteiger partial charge in [0.25, 0.3) is 5.91 Å². The molecule has 144 valence electrons. The third-order valence-corrected chi connectivity index (χ3v) is 4.54. The summed E-state index contributed by atoms with van der Waals surface area (Å²) in [5, 5.41) is 2.63. The molecule has 27 heavy (non-hydrogen) atoms. The molecule has 0 radical (unpaired) electrons. The van der Waals surface area contributed by atoms with Crippen molar-refractivity contribution >= 4 is 23.6 Å². The van der Waals surface area contributed by atoms with Crippen molar-refractivity contribution in [3.8, 4) is 0 Å². The lowest BCUT2D eigenvalue weighted by molar-refractivity contribution is -0.137. The quantitative estimate of drug-likeness (QED) is 0.413. The minimum atomic E-state index is -4.47. The van der Waals surface area contributed by atoms with Crippen LogP contribution < -0.4 is 5.32 Å². The monoisotopic (exact) mass is 397 g/mol. The van der Waals surface area contributed by atoms with Gasteiger partial charge in [-0.05, 0) is 48.6 Å². The molecule has 2 aromatic rings. The van der Waals surface area contributed by atoms with E-state index in [1.165, 1.54) is 0 Å². The van der Waals surface area contributed by atoms with Gasteiger partial charge in [0.2, 0.25) is 0 Å². The number of carbonyl (C=O) groups excluding carboxylic acids is 2. The molecule has 0 saturated heterocycles. The Bertz CT molecular complexity index is 749. The number of rotatable bonds is 8. The molecule has 0 aliphatic heterocycles. The fourth-order valence-corrected chi connectivity index (χ4v) is 2.94. The van der Waals surface area contributed by atoms with Crippen molar-refractivity contribution in [2.75, 3.05) is 18.9 Å². The zero-order valence-electron chi connectivity index (χ0n) is 14.3. The van der Waals surface area contributed by atoms with E-state index in [9.17, 15) is 22.8 Å². The molecule has 1 N–H and O–H groups in total. The third-order valence-electron chi connectivity index (χ3n) is 3.44. The Balaban J connectivity index is 1.64. The highest BCUT2D eigenvalue weighted by Crippen LogP contribution is 2.29. The highest BCUT2D eigenvalue weighted by atomic mass is 32.2. The van der Waals surface area contributed by atoms with Gasteiger partial charge < -0.3 is 10.1 Å². The Labute approximate surface area is 159 Å². The summed E-state index contributed by atoms with van der Waals surface area (Å²) in [7, 11) is 0. The normalized spacial score (nSPS) is 11.1. The zero-order valence-corrected chi connectivity index (χ0v) is 15.1. The van der Waals surface area contributed by atoms with Crippen LogP contribution in [0.5, 0.6) is 0 Å². The maximum absolute atomic E-state index is 12.5. The van der Waals surface area contributed by atoms with Crippen molar-refractivity contribution in [3.05, 3.63) is 65.7 Å². The summed E-state index contributed by atoms with van der Waals surface area (Å²) in [4.78, 5) is 24.6. The van der Waals surface area contributed by atoms with Gasteiger partial charge in [0.15, 0.2) is 6.61 Å². The number of benzene rings is 2. The smallest absolute Gasteiger partial charge is 0.416 e. The molecule has 0 aromatic heterocycles. The van der Waals surface area contributed by atoms with Crippen LogP contribution in [0.25, 0.3) is 0 Å². The first-order valence-corrected chi connectivity index (χ1v) is 9.14. The van der Waals surface area contributed by atoms with Gasteiger partial charge in [-0.15, -0.1) is 11.8 Å². The average molecular weight is 397 g/mol. The lowest BCUT2D eigenvalue weighted by Crippen LogP contribution is -2.29. The van der Waals surface area contributed by atoms with Crippen molar-refractivity contribution in [1.82, 2.24) is 5.32 Å². The Morgan fingerprint density at radius 3 is 2.30 bits per heavy atom. The summed E-state index contributed by atoms with van der Waals surface area (Å²) in [5.41, 5.74) is -0.903. The minimum absolute atomic E-state index is 0.0462. The number of alkyl halides is 3. The summed E-state index contributed by atoms with van der Waals surface area (Å²) < 4.78 is 42.2. The van der Waals surface area contributed by atoms with E-state index in [4.69, 9.17) is 4.74 Å². The van der Waals surface area contributed by atoms with Gasteiger partial charge in [-0.3, -0.25) is 4.79 Å². The van der Waals surface area contributed by atoms with Crippen LogP contribution >= 0.6 is 11.8 Å². The number of thioether (sulfide) groups is 1. The van der Waals surface area contributed by atoms with Crippen LogP contribution in [-0.2, 0) is 15.7 Å². The molecule has 2 rings (SSSR count). The second-order valence-corrected chi connectivity index (χ2v) is 6.68. The topological polar surface area (TPSA) is 55.4 Å². The highest BCUT2D eigenvalue weighted by Gasteiger charge is 2.30. The van der Waals surface area contributed by atoms with E-state index in [-0.39, 0.29) is 5.56 Å². The third kappa shape index (κ3) is 7.34. The van der Waals surface area contributed by atoms with Gasteiger partial charge in [-0.1, -0.05) is 18.2 Å². The maximum atomic E-state index is 12.5. The number of esters is 1. The second-order valence-electron chi connectivity index (χ2n) is 5.52. The fraction of sp³-hybridized carbons (Fsp3) is 0.263. The van der Waals surface area contributed by atoms with E-state index in [0.29, 0.717) is 6.54 Å². The average Bonchev–Trinajstić information content (AvgIpc) is 2.66. The molecule has 0 fully saturated rings. The maximum Gasteiger partial charge on any atom is 0.416 e. The van der Waals surface area contributed by atoms with Crippen molar-refractivity contribution in [3.63, 3.8) is 0 Å². The number of ether oxygens (including phenoxy) is 1. The van der Waals surface area contributed by atoms with Crippen LogP contribution in [0.1, 0.15) is 22.3 Å². The molecule has 0 spiro atoms. The Morgan fingerprint density at radius 2 is 1.67 bits per heavy atom. The first-order valence-electron chi connectivity index (χ1n) is 8.15. The van der Waals surface area contributed by atoms with Crippen molar-refractivity contribution in [1.29, 1.82) is 0 Å². The van der Waals surface area contributed by atoms with E-state index in [1.54, 1.807) is 11.8 Å². The number of hydrogen-bond donors (Lipinski definition) is 1. The van der Waals surface area contributed by atoms with Gasteiger partial charge in [0, 0.05) is 11.4 Å². The molecule has 1 amide bonds. The van der Waals surface area contributed by atoms with Crippen LogP contribution in [0.4, 0.5) is 13.2 Å². The summed E-state index contributed by atoms with van der Waals surface area (Å²) in [6, 6.07) is 13.5. The first kappa shape index (κ1) is 20.8. The number of amides is 1. The van der Waals surface area contributed by atoms with Gasteiger partial charge >= 0.3 is 12.1 Å². The lowest BCUT2D eigenvalue weighted by Gasteiger charge is -2.08. The van der Waals surface area contributed by atoms with Crippen LogP contribution in [-0.4, -0.2) is 30.8 Å². The first-order chi connectivity index (χ1) is 12.9. The van der Waals surface area contributed by atoms with Crippen LogP contribution in [0.2, 0.25) is 0 Å². The van der Waals surface area contributed by atoms with Crippen molar-refractivity contribution in [2.24, 2.45) is 0 Å². The molecule has 0 atom stereocenters. The molecule has 2 aromatic carbocycles. The summed E-state index contributed by atoms with van der Waals surface area (Å²) >= 11 is 1.67. The van der Waals surface area contributed by atoms with E-state index >= 15 is 0 Å². The molecule has 8 heteroatoms. The Hall–Kier alpha value is -2.48. The molecule has 0 heterocycles. The number of hydrogen-bond acceptors (Lipinski definition) is 4. The molecule has 0 unspecified atom stereocenters. The van der Waals surface area contributed by atoms with Crippen LogP contribution in [0.3, 0.4) is 0 Å². The van der Waals surface area contributed by atoms with E-state index < -0.39 is 30.2 Å². The zero-order chi connectivity index (χ0) is 19.7. The van der Waals surface area contributed by atoms with Crippen molar-refractivity contribution in [2.45, 2.75) is 17.5 Å². The highest BCUT2D eigenvalue weighted by molar-refractivity contribution is 7.99. The van der Waals surface area contributed by atoms with Gasteiger partial charge in [0.05, 0.1) is 11.1 Å². The minimum Gasteiger partial charge on any atom is -0.452 e. The van der Waals surface area contributed by atoms with Gasteiger partial charge in [-0.25, -0.2) is 4.79 Å². The lowest BCUT2D eigenvalue weighted by atomic mass is 10.1. The molecule has 4 nitrogen and oxygen atoms in total. The summed E-state index contributed by atoms with van der Waals surface area (Å²) in [5.74, 6) is -0.478. The Morgan fingerprint density at radius 1 is 1.00 bits per heavy atom. The standard InChI is InChI=1S/C19H18F3NO3S/c20-19(21,22)15-9-7-14(8-10-15)18(25)26-13-17(24)23-11-4-12-27-16-5-2-1-3-6-16/h1-3,5-10H,4,11-13H2,(H,23,24). The van der Waals surface area contributed by atoms with Crippen molar-refractivity contribution < 1.29 is 27.5 Å². The van der Waals surface area contributed by atoms with Gasteiger partial charge in [0.1, 0.15) is 0 Å². The molecular formula is C19H18F3NO3S. The molecule has 0 aliphatic carbocycles. The number of carbonyl (C=O) groups is 2. The molecule has 0 aliphatic rings. The summed E-state index contributed by atoms with van der Waals surface area (Å²) in [6.07, 6.45) is -3.72. The predicted molar refractivity (Wildman–Crippen MR) is 96.5 cm³/mol. The van der Waals surface area contributed by atoms with E-state index in [1.807, 2.05) is 30.3 Å². The van der Waals surface area contributed by atoms with Crippen LogP contribution in [0, 0.1) is 0 Å². The van der Waals surface area contributed by atoms with E-state index in [2.05, 4.69) is 5.32 Å². The second kappa shape index (κ2) is 10.0. The molecule has 0 saturated carbocycles. The molecule has 0 bridgehead atoms. The van der Waals surface area contributed by atoms with Crippen LogP contribution in [0.15, 0.2) is 59.5 Å². The fourth-order valence-electron chi connectivity index (χ4n) is 2.07. The SMILES string of the molecule is O=C(COC(=O)c1ccc(C(F)(F)F)cc1)NCCCSc1ccccc1. The summed E-state index contributed by atoms with van der Waals surface area (Å²) in [6.45, 7) is -0.0395. The Kier molecular flexibility index (Phi) is 7.72. The molecular weight excluding hydrogens is 379 g/mol.